The van der Waals surface area contributed by atoms with Gasteiger partial charge in [0.2, 0.25) is 0 Å². The van der Waals surface area contributed by atoms with E-state index in [1.807, 2.05) is 36.4 Å². The zero-order valence-electron chi connectivity index (χ0n) is 22.0. The average molecular weight is 635 g/mol. The topological polar surface area (TPSA) is 119 Å². The fraction of sp³-hybridized carbons (Fsp3) is 0.133. The third-order valence-corrected chi connectivity index (χ3v) is 7.91. The fourth-order valence-corrected chi connectivity index (χ4v) is 6.03. The number of thiazole rings is 1. The molecule has 3 aromatic carbocycles. The highest BCUT2D eigenvalue weighted by Crippen LogP contribution is 2.32. The number of ether oxygens (including phenoxy) is 2. The Hall–Kier alpha value is -4.48. The van der Waals surface area contributed by atoms with Gasteiger partial charge in [-0.3, -0.25) is 14.2 Å². The van der Waals surface area contributed by atoms with E-state index in [1.54, 1.807) is 56.5 Å². The lowest BCUT2D eigenvalue weighted by molar-refractivity contribution is -0.139. The Kier molecular flexibility index (Phi) is 8.18. The molecule has 41 heavy (non-hydrogen) atoms. The van der Waals surface area contributed by atoms with E-state index < -0.39 is 18.6 Å². The van der Waals surface area contributed by atoms with Gasteiger partial charge in [-0.1, -0.05) is 47.7 Å². The van der Waals surface area contributed by atoms with Crippen molar-refractivity contribution in [3.05, 3.63) is 119 Å². The molecule has 2 heterocycles. The Morgan fingerprint density at radius 2 is 1.90 bits per heavy atom. The van der Waals surface area contributed by atoms with Gasteiger partial charge >= 0.3 is 5.97 Å². The van der Waals surface area contributed by atoms with Crippen molar-refractivity contribution < 1.29 is 24.2 Å². The van der Waals surface area contributed by atoms with E-state index >= 15 is 0 Å². The molecule has 5 rings (SSSR count). The zero-order valence-corrected chi connectivity index (χ0v) is 24.4. The van der Waals surface area contributed by atoms with Gasteiger partial charge in [0.1, 0.15) is 11.5 Å². The van der Waals surface area contributed by atoms with Gasteiger partial charge in [-0.15, -0.1) is 0 Å². The number of nitrogens with one attached hydrogen (secondary N) is 1. The molecule has 2 N–H and O–H groups in total. The molecule has 0 saturated heterocycles. The predicted octanol–water partition coefficient (Wildman–Crippen LogP) is 4.11. The first kappa shape index (κ1) is 28.1. The molecule has 1 atom stereocenters. The molecule has 0 unspecified atom stereocenters. The first-order chi connectivity index (χ1) is 19.7. The SMILES string of the molecule is COc1cccc([C@H]2C(C(=O)Nc3ccccc3)=C(C)N=c3s/c(=C/c4ccc(OCC(=O)O)c(Br)c4)c(=O)n32)c1. The molecule has 208 valence electrons. The van der Waals surface area contributed by atoms with E-state index in [1.165, 1.54) is 15.9 Å². The lowest BCUT2D eigenvalue weighted by Gasteiger charge is -2.25. The summed E-state index contributed by atoms with van der Waals surface area (Å²) in [6.07, 6.45) is 1.72. The highest BCUT2D eigenvalue weighted by molar-refractivity contribution is 9.10. The van der Waals surface area contributed by atoms with Crippen molar-refractivity contribution in [2.45, 2.75) is 13.0 Å². The number of carbonyl (C=O) groups is 2. The number of nitrogens with zero attached hydrogens (tertiary/aromatic N) is 2. The number of amides is 1. The summed E-state index contributed by atoms with van der Waals surface area (Å²) in [5, 5.41) is 11.8. The van der Waals surface area contributed by atoms with Gasteiger partial charge in [-0.25, -0.2) is 9.79 Å². The quantitative estimate of drug-likeness (QED) is 0.301. The second kappa shape index (κ2) is 11.9. The van der Waals surface area contributed by atoms with Crippen molar-refractivity contribution in [3.8, 4) is 11.5 Å². The van der Waals surface area contributed by atoms with Crippen LogP contribution in [0.3, 0.4) is 0 Å². The van der Waals surface area contributed by atoms with Crippen LogP contribution in [0, 0.1) is 0 Å². The van der Waals surface area contributed by atoms with E-state index in [0.717, 1.165) is 0 Å². The molecule has 9 nitrogen and oxygen atoms in total. The van der Waals surface area contributed by atoms with E-state index in [9.17, 15) is 14.4 Å². The third-order valence-electron chi connectivity index (χ3n) is 6.31. The van der Waals surface area contributed by atoms with Crippen LogP contribution in [0.25, 0.3) is 6.08 Å². The fourth-order valence-electron chi connectivity index (χ4n) is 4.47. The summed E-state index contributed by atoms with van der Waals surface area (Å²) in [7, 11) is 1.56. The first-order valence-electron chi connectivity index (χ1n) is 12.4. The number of halogens is 1. The standard InChI is InChI=1S/C30H24BrN3O6S/c1-17-26(28(37)33-20-8-4-3-5-9-20)27(19-7-6-10-21(15-19)39-2)34-29(38)24(41-30(34)32-17)14-18-11-12-23(22(31)13-18)40-16-25(35)36/h3-15,27H,16H2,1-2H3,(H,33,37)(H,35,36)/b24-14+/t27-/m0/s1. The molecule has 1 aliphatic rings. The molecule has 11 heteroatoms. The van der Waals surface area contributed by atoms with Gasteiger partial charge < -0.3 is 19.9 Å². The van der Waals surface area contributed by atoms with Crippen LogP contribution in [0.1, 0.15) is 24.1 Å². The second-order valence-corrected chi connectivity index (χ2v) is 10.9. The molecule has 0 spiro atoms. The molecular formula is C30H24BrN3O6S. The van der Waals surface area contributed by atoms with Gasteiger partial charge in [0.25, 0.3) is 11.5 Å². The Bertz CT molecular complexity index is 1860. The van der Waals surface area contributed by atoms with Gasteiger partial charge in [-0.2, -0.15) is 0 Å². The number of para-hydroxylation sites is 1. The van der Waals surface area contributed by atoms with Gasteiger partial charge in [-0.05, 0) is 76.5 Å². The maximum absolute atomic E-state index is 13.9. The number of carboxylic acid groups (broad SMARTS) is 1. The summed E-state index contributed by atoms with van der Waals surface area (Å²) in [4.78, 5) is 43.6. The number of methoxy groups -OCH3 is 1. The molecule has 1 amide bonds. The second-order valence-electron chi connectivity index (χ2n) is 9.05. The van der Waals surface area contributed by atoms with Crippen LogP contribution in [0.15, 0.2) is 98.3 Å². The van der Waals surface area contributed by atoms with E-state index in [2.05, 4.69) is 26.2 Å². The number of benzene rings is 3. The number of rotatable bonds is 8. The third kappa shape index (κ3) is 6.01. The largest absolute Gasteiger partial charge is 0.497 e. The van der Waals surface area contributed by atoms with E-state index in [0.29, 0.717) is 53.4 Å². The van der Waals surface area contributed by atoms with Crippen molar-refractivity contribution in [3.63, 3.8) is 0 Å². The van der Waals surface area contributed by atoms with Crippen LogP contribution < -0.4 is 29.7 Å². The predicted molar refractivity (Wildman–Crippen MR) is 159 cm³/mol. The minimum absolute atomic E-state index is 0.304. The number of carbonyl (C=O) groups excluding carboxylic acids is 1. The summed E-state index contributed by atoms with van der Waals surface area (Å²) in [5.74, 6) is -0.480. The minimum atomic E-state index is -1.08. The van der Waals surface area contributed by atoms with Gasteiger partial charge in [0.15, 0.2) is 11.4 Å². The zero-order chi connectivity index (χ0) is 29.1. The van der Waals surface area contributed by atoms with Gasteiger partial charge in [0.05, 0.1) is 33.4 Å². The van der Waals surface area contributed by atoms with E-state index in [4.69, 9.17) is 14.6 Å². The molecule has 4 aromatic rings. The van der Waals surface area contributed by atoms with Crippen LogP contribution in [0.5, 0.6) is 11.5 Å². The number of aromatic nitrogens is 1. The van der Waals surface area contributed by atoms with Crippen molar-refractivity contribution in [2.75, 3.05) is 19.0 Å². The monoisotopic (exact) mass is 633 g/mol. The highest BCUT2D eigenvalue weighted by Gasteiger charge is 2.32. The molecule has 1 aromatic heterocycles. The lowest BCUT2D eigenvalue weighted by Crippen LogP contribution is -2.40. The minimum Gasteiger partial charge on any atom is -0.497 e. The van der Waals surface area contributed by atoms with E-state index in [-0.39, 0.29) is 11.5 Å². The van der Waals surface area contributed by atoms with Crippen molar-refractivity contribution in [2.24, 2.45) is 4.99 Å². The molecule has 0 aliphatic carbocycles. The normalized spacial score (nSPS) is 14.7. The van der Waals surface area contributed by atoms with Gasteiger partial charge in [0, 0.05) is 5.69 Å². The van der Waals surface area contributed by atoms with Crippen molar-refractivity contribution in [1.29, 1.82) is 0 Å². The Morgan fingerprint density at radius 1 is 1.12 bits per heavy atom. The summed E-state index contributed by atoms with van der Waals surface area (Å²) < 4.78 is 13.2. The Balaban J connectivity index is 1.61. The summed E-state index contributed by atoms with van der Waals surface area (Å²) in [5.41, 5.74) is 2.57. The van der Waals surface area contributed by atoms with Crippen molar-refractivity contribution >= 4 is 50.9 Å². The summed E-state index contributed by atoms with van der Waals surface area (Å²) in [6.45, 7) is 1.29. The van der Waals surface area contributed by atoms with Crippen molar-refractivity contribution in [1.82, 2.24) is 4.57 Å². The van der Waals surface area contributed by atoms with Crippen LogP contribution in [-0.4, -0.2) is 35.3 Å². The molecule has 0 bridgehead atoms. The summed E-state index contributed by atoms with van der Waals surface area (Å²) in [6, 6.07) is 20.7. The smallest absolute Gasteiger partial charge is 0.341 e. The molecule has 0 saturated carbocycles. The number of anilines is 1. The Morgan fingerprint density at radius 3 is 2.61 bits per heavy atom. The number of carboxylic acids is 1. The molecular weight excluding hydrogens is 610 g/mol. The highest BCUT2D eigenvalue weighted by atomic mass is 79.9. The molecule has 0 fully saturated rings. The first-order valence-corrected chi connectivity index (χ1v) is 14.0. The molecule has 0 radical (unpaired) electrons. The number of allylic oxidation sites excluding steroid dienone is 1. The Labute approximate surface area is 246 Å². The van der Waals surface area contributed by atoms with Crippen LogP contribution in [0.2, 0.25) is 0 Å². The number of hydrogen-bond donors (Lipinski definition) is 2. The average Bonchev–Trinajstić information content (AvgIpc) is 3.26. The number of hydrogen-bond acceptors (Lipinski definition) is 7. The number of aliphatic carboxylic acids is 1. The van der Waals surface area contributed by atoms with Crippen LogP contribution >= 0.6 is 27.3 Å². The number of fused-ring (bicyclic) bond motifs is 1. The maximum atomic E-state index is 13.9. The molecule has 1 aliphatic heterocycles. The van der Waals surface area contributed by atoms with Crippen LogP contribution in [0.4, 0.5) is 5.69 Å². The van der Waals surface area contributed by atoms with Crippen LogP contribution in [-0.2, 0) is 9.59 Å². The lowest BCUT2D eigenvalue weighted by atomic mass is 9.95. The summed E-state index contributed by atoms with van der Waals surface area (Å²) >= 11 is 4.62. The maximum Gasteiger partial charge on any atom is 0.341 e.